The van der Waals surface area contributed by atoms with Gasteiger partial charge in [-0.1, -0.05) is 18.7 Å². The number of nitrogens with one attached hydrogen (secondary N) is 1. The van der Waals surface area contributed by atoms with Gasteiger partial charge in [-0.15, -0.1) is 24.8 Å². The molecule has 0 bridgehead atoms. The summed E-state index contributed by atoms with van der Waals surface area (Å²) in [7, 11) is 0. The highest BCUT2D eigenvalue weighted by molar-refractivity contribution is 8.14. The van der Waals surface area contributed by atoms with Crippen LogP contribution >= 0.6 is 36.6 Å². The van der Waals surface area contributed by atoms with Crippen LogP contribution < -0.4 is 11.1 Å². The summed E-state index contributed by atoms with van der Waals surface area (Å²) in [5.41, 5.74) is 5.71. The molecule has 1 heterocycles. The van der Waals surface area contributed by atoms with Crippen molar-refractivity contribution in [2.75, 3.05) is 6.54 Å². The number of nitrogens with zero attached hydrogens (tertiary/aromatic N) is 1. The average molecular weight is 272 g/mol. The number of fused-ring (bicyclic) bond motifs is 1. The summed E-state index contributed by atoms with van der Waals surface area (Å²) in [6.45, 7) is 3.24. The van der Waals surface area contributed by atoms with Crippen molar-refractivity contribution >= 4 is 41.7 Å². The van der Waals surface area contributed by atoms with E-state index in [0.717, 1.165) is 11.7 Å². The molecule has 0 spiro atoms. The number of hydrogen-bond donors (Lipinski definition) is 2. The molecule has 0 aromatic carbocycles. The molecule has 0 amide bonds. The molecule has 6 heteroatoms. The van der Waals surface area contributed by atoms with Gasteiger partial charge in [0.1, 0.15) is 0 Å². The minimum Gasteiger partial charge on any atom is -0.379 e. The normalized spacial score (nSPS) is 33.4. The number of rotatable bonds is 2. The van der Waals surface area contributed by atoms with Gasteiger partial charge in [0.05, 0.1) is 6.04 Å². The summed E-state index contributed by atoms with van der Waals surface area (Å²) >= 11 is 1.77. The molecule has 1 aliphatic heterocycles. The van der Waals surface area contributed by atoms with Gasteiger partial charge in [-0.2, -0.15) is 0 Å². The average Bonchev–Trinajstić information content (AvgIpc) is 2.44. The zero-order valence-electron chi connectivity index (χ0n) is 8.81. The van der Waals surface area contributed by atoms with Gasteiger partial charge in [0.15, 0.2) is 5.17 Å². The van der Waals surface area contributed by atoms with Crippen LogP contribution in [0.2, 0.25) is 0 Å². The van der Waals surface area contributed by atoms with Crippen LogP contribution in [0, 0.1) is 0 Å². The molecular formula is C9H19Cl2N3S. The lowest BCUT2D eigenvalue weighted by molar-refractivity contribution is 0.361. The van der Waals surface area contributed by atoms with Crippen molar-refractivity contribution < 1.29 is 0 Å². The molecular weight excluding hydrogens is 253 g/mol. The van der Waals surface area contributed by atoms with Gasteiger partial charge in [0.25, 0.3) is 0 Å². The SMILES string of the molecule is CCN[C@H]1CCC2N=C(N)SC2C1.Cl.Cl. The van der Waals surface area contributed by atoms with Gasteiger partial charge in [0, 0.05) is 11.3 Å². The van der Waals surface area contributed by atoms with Crippen LogP contribution in [0.3, 0.4) is 0 Å². The molecule has 90 valence electrons. The molecule has 0 saturated heterocycles. The fraction of sp³-hybridized carbons (Fsp3) is 0.889. The maximum atomic E-state index is 5.71. The Hall–Kier alpha value is 0.360. The van der Waals surface area contributed by atoms with Crippen LogP contribution in [0.4, 0.5) is 0 Å². The largest absolute Gasteiger partial charge is 0.379 e. The maximum absolute atomic E-state index is 5.71. The van der Waals surface area contributed by atoms with E-state index >= 15 is 0 Å². The lowest BCUT2D eigenvalue weighted by Gasteiger charge is -2.30. The molecule has 2 unspecified atom stereocenters. The summed E-state index contributed by atoms with van der Waals surface area (Å²) in [5.74, 6) is 0. The predicted molar refractivity (Wildman–Crippen MR) is 72.6 cm³/mol. The molecule has 15 heavy (non-hydrogen) atoms. The monoisotopic (exact) mass is 271 g/mol. The highest BCUT2D eigenvalue weighted by atomic mass is 35.5. The van der Waals surface area contributed by atoms with E-state index < -0.39 is 0 Å². The third-order valence-corrected chi connectivity index (χ3v) is 3.97. The molecule has 2 rings (SSSR count). The molecule has 2 aliphatic rings. The summed E-state index contributed by atoms with van der Waals surface area (Å²) < 4.78 is 0. The van der Waals surface area contributed by atoms with Crippen LogP contribution in [0.15, 0.2) is 4.99 Å². The van der Waals surface area contributed by atoms with Gasteiger partial charge >= 0.3 is 0 Å². The van der Waals surface area contributed by atoms with Gasteiger partial charge in [-0.3, -0.25) is 4.99 Å². The smallest absolute Gasteiger partial charge is 0.154 e. The summed E-state index contributed by atoms with van der Waals surface area (Å²) in [6, 6.07) is 1.21. The molecule has 0 radical (unpaired) electrons. The second-order valence-electron chi connectivity index (χ2n) is 3.76. The minimum absolute atomic E-state index is 0. The Labute approximate surface area is 108 Å². The van der Waals surface area contributed by atoms with Gasteiger partial charge in [-0.25, -0.2) is 0 Å². The van der Waals surface area contributed by atoms with Crippen molar-refractivity contribution in [3.05, 3.63) is 0 Å². The molecule has 3 nitrogen and oxygen atoms in total. The molecule has 1 fully saturated rings. The molecule has 1 saturated carbocycles. The van der Waals surface area contributed by atoms with Crippen molar-refractivity contribution in [2.24, 2.45) is 10.7 Å². The zero-order valence-corrected chi connectivity index (χ0v) is 11.3. The summed E-state index contributed by atoms with van der Waals surface area (Å²) in [5, 5.41) is 4.96. The number of thioether (sulfide) groups is 1. The first kappa shape index (κ1) is 15.4. The van der Waals surface area contributed by atoms with E-state index in [1.165, 1.54) is 19.3 Å². The van der Waals surface area contributed by atoms with Crippen LogP contribution in [0.5, 0.6) is 0 Å². The number of halogens is 2. The highest BCUT2D eigenvalue weighted by Crippen LogP contribution is 2.35. The maximum Gasteiger partial charge on any atom is 0.154 e. The second kappa shape index (κ2) is 6.84. The lowest BCUT2D eigenvalue weighted by Crippen LogP contribution is -2.39. The first-order chi connectivity index (χ1) is 6.29. The number of hydrogen-bond acceptors (Lipinski definition) is 4. The Bertz CT molecular complexity index is 225. The fourth-order valence-electron chi connectivity index (χ4n) is 2.21. The standard InChI is InChI=1S/C9H17N3S.2ClH/c1-2-11-6-3-4-7-8(5-6)13-9(10)12-7;;/h6-8,11H,2-5H2,1H3,(H2,10,12);2*1H/t6-,7?,8?;;/m0../s1. The highest BCUT2D eigenvalue weighted by Gasteiger charge is 2.34. The van der Waals surface area contributed by atoms with Crippen molar-refractivity contribution in [2.45, 2.75) is 43.5 Å². The van der Waals surface area contributed by atoms with Gasteiger partial charge in [0.2, 0.25) is 0 Å². The lowest BCUT2D eigenvalue weighted by atomic mass is 9.91. The van der Waals surface area contributed by atoms with Crippen LogP contribution in [-0.4, -0.2) is 29.0 Å². The molecule has 0 aromatic heterocycles. The Kier molecular flexibility index (Phi) is 7.00. The topological polar surface area (TPSA) is 50.4 Å². The summed E-state index contributed by atoms with van der Waals surface area (Å²) in [4.78, 5) is 4.43. The van der Waals surface area contributed by atoms with E-state index in [2.05, 4.69) is 17.2 Å². The Morgan fingerprint density at radius 1 is 1.47 bits per heavy atom. The van der Waals surface area contributed by atoms with Crippen molar-refractivity contribution in [3.8, 4) is 0 Å². The summed E-state index contributed by atoms with van der Waals surface area (Å²) in [6.07, 6.45) is 3.69. The first-order valence-electron chi connectivity index (χ1n) is 5.03. The van der Waals surface area contributed by atoms with Gasteiger partial charge in [-0.05, 0) is 25.8 Å². The quantitative estimate of drug-likeness (QED) is 0.805. The first-order valence-corrected chi connectivity index (χ1v) is 5.91. The zero-order chi connectivity index (χ0) is 9.26. The van der Waals surface area contributed by atoms with E-state index in [1.54, 1.807) is 11.8 Å². The van der Waals surface area contributed by atoms with E-state index in [0.29, 0.717) is 17.3 Å². The third kappa shape index (κ3) is 3.70. The van der Waals surface area contributed by atoms with Crippen LogP contribution in [-0.2, 0) is 0 Å². The van der Waals surface area contributed by atoms with Crippen molar-refractivity contribution in [3.63, 3.8) is 0 Å². The van der Waals surface area contributed by atoms with E-state index in [1.807, 2.05) is 0 Å². The van der Waals surface area contributed by atoms with Crippen molar-refractivity contribution in [1.29, 1.82) is 0 Å². The van der Waals surface area contributed by atoms with E-state index in [4.69, 9.17) is 5.73 Å². The molecule has 1 aliphatic carbocycles. The van der Waals surface area contributed by atoms with Crippen LogP contribution in [0.25, 0.3) is 0 Å². The van der Waals surface area contributed by atoms with E-state index in [9.17, 15) is 0 Å². The Morgan fingerprint density at radius 3 is 2.87 bits per heavy atom. The molecule has 3 N–H and O–H groups in total. The Morgan fingerprint density at radius 2 is 2.20 bits per heavy atom. The second-order valence-corrected chi connectivity index (χ2v) is 5.02. The predicted octanol–water partition coefficient (Wildman–Crippen LogP) is 1.79. The van der Waals surface area contributed by atoms with Crippen molar-refractivity contribution in [1.82, 2.24) is 5.32 Å². The number of aliphatic imine (C=N–C) groups is 1. The number of amidine groups is 1. The minimum atomic E-state index is 0. The molecule has 0 aromatic rings. The Balaban J connectivity index is 0.000000980. The van der Waals surface area contributed by atoms with E-state index in [-0.39, 0.29) is 24.8 Å². The van der Waals surface area contributed by atoms with Gasteiger partial charge < -0.3 is 11.1 Å². The third-order valence-electron chi connectivity index (χ3n) is 2.81. The number of nitrogens with two attached hydrogens (primary N) is 1. The fourth-order valence-corrected chi connectivity index (χ4v) is 3.40. The van der Waals surface area contributed by atoms with Crippen LogP contribution in [0.1, 0.15) is 26.2 Å². The molecule has 3 atom stereocenters.